The highest BCUT2D eigenvalue weighted by Crippen LogP contribution is 2.54. The van der Waals surface area contributed by atoms with Gasteiger partial charge in [-0.3, -0.25) is 0 Å². The first-order chi connectivity index (χ1) is 31.1. The van der Waals surface area contributed by atoms with Crippen LogP contribution in [-0.4, -0.2) is 6.71 Å². The van der Waals surface area contributed by atoms with Gasteiger partial charge in [0.15, 0.2) is 0 Å². The lowest BCUT2D eigenvalue weighted by atomic mass is 9.36. The first kappa shape index (κ1) is 42.8. The predicted octanol–water partition coefficient (Wildman–Crippen LogP) is 15.5. The molecular weight excluding hydrogens is 816 g/mol. The molecule has 0 fully saturated rings. The van der Waals surface area contributed by atoms with Gasteiger partial charge in [-0.05, 0) is 132 Å². The molecular formula is C62H63BN2S. The molecule has 0 unspecified atom stereocenters. The molecule has 1 aromatic heterocycles. The standard InChI is InChI=1S/C62H63BN2S/c1-58(2,3)38-23-28-43(29-24-38)64-51-32-27-41(60(7,8)9)33-50(51)63-55-52(64)34-42(61(10,11)40-19-15-14-16-20-40)35-53(55)65(44-30-25-39(26-31-44)59(4,5)6)56-47-36-46-45-21-17-18-22-48(45)62(12,13)49(46)37-54(47)66-57(56)63/h14-37H,1-13H3. The summed E-state index contributed by atoms with van der Waals surface area (Å²) in [4.78, 5) is 5.26. The van der Waals surface area contributed by atoms with E-state index in [-0.39, 0.29) is 33.8 Å². The van der Waals surface area contributed by atoms with E-state index in [1.165, 1.54) is 110 Å². The number of nitrogens with zero attached hydrogens (tertiary/aromatic N) is 2. The molecule has 330 valence electrons. The fourth-order valence-electron chi connectivity index (χ4n) is 11.3. The van der Waals surface area contributed by atoms with Crippen LogP contribution in [0.25, 0.3) is 21.2 Å². The van der Waals surface area contributed by atoms with Gasteiger partial charge in [0.2, 0.25) is 0 Å². The number of thiophene rings is 1. The summed E-state index contributed by atoms with van der Waals surface area (Å²) in [6.45, 7) is 30.6. The minimum absolute atomic E-state index is 0.0268. The summed E-state index contributed by atoms with van der Waals surface area (Å²) < 4.78 is 2.77. The van der Waals surface area contributed by atoms with E-state index >= 15 is 0 Å². The van der Waals surface area contributed by atoms with E-state index in [2.05, 4.69) is 245 Å². The lowest BCUT2D eigenvalue weighted by molar-refractivity contribution is 0.590. The Bertz CT molecular complexity index is 3240. The van der Waals surface area contributed by atoms with Crippen LogP contribution in [0.15, 0.2) is 146 Å². The van der Waals surface area contributed by atoms with Crippen molar-refractivity contribution in [3.8, 4) is 11.1 Å². The average molecular weight is 879 g/mol. The highest BCUT2D eigenvalue weighted by molar-refractivity contribution is 7.33. The largest absolute Gasteiger partial charge is 0.311 e. The van der Waals surface area contributed by atoms with Gasteiger partial charge < -0.3 is 9.80 Å². The van der Waals surface area contributed by atoms with Crippen LogP contribution in [0.4, 0.5) is 34.1 Å². The first-order valence-electron chi connectivity index (χ1n) is 24.0. The third-order valence-corrected chi connectivity index (χ3v) is 16.6. The second-order valence-corrected chi connectivity index (χ2v) is 24.6. The summed E-state index contributed by atoms with van der Waals surface area (Å²) in [5.74, 6) is 0. The van der Waals surface area contributed by atoms with Crippen LogP contribution in [0.1, 0.15) is 129 Å². The minimum Gasteiger partial charge on any atom is -0.311 e. The van der Waals surface area contributed by atoms with Crippen LogP contribution in [0.2, 0.25) is 0 Å². The van der Waals surface area contributed by atoms with Crippen LogP contribution in [0.5, 0.6) is 0 Å². The number of rotatable bonds is 4. The van der Waals surface area contributed by atoms with Gasteiger partial charge in [0.25, 0.3) is 6.71 Å². The smallest absolute Gasteiger partial charge is 0.264 e. The highest BCUT2D eigenvalue weighted by atomic mass is 32.1. The zero-order valence-electron chi connectivity index (χ0n) is 41.2. The molecule has 3 aliphatic rings. The Balaban J connectivity index is 1.28. The average Bonchev–Trinajstić information content (AvgIpc) is 3.75. The number of anilines is 6. The molecule has 0 spiro atoms. The highest BCUT2D eigenvalue weighted by Gasteiger charge is 2.47. The Hall–Kier alpha value is -5.84. The van der Waals surface area contributed by atoms with Crippen molar-refractivity contribution in [2.24, 2.45) is 0 Å². The van der Waals surface area contributed by atoms with E-state index in [9.17, 15) is 0 Å². The second-order valence-electron chi connectivity index (χ2n) is 23.5. The number of benzene rings is 7. The van der Waals surface area contributed by atoms with E-state index < -0.39 is 0 Å². The van der Waals surface area contributed by atoms with Gasteiger partial charge in [0.05, 0.1) is 5.69 Å². The maximum Gasteiger partial charge on any atom is 0.264 e. The molecule has 2 nitrogen and oxygen atoms in total. The second kappa shape index (κ2) is 14.3. The maximum atomic E-state index is 2.67. The van der Waals surface area contributed by atoms with Gasteiger partial charge in [-0.25, -0.2) is 0 Å². The van der Waals surface area contributed by atoms with E-state index in [0.717, 1.165) is 0 Å². The molecule has 8 aromatic rings. The molecule has 2 aliphatic heterocycles. The topological polar surface area (TPSA) is 6.48 Å². The Kier molecular flexibility index (Phi) is 9.29. The quantitative estimate of drug-likeness (QED) is 0.163. The van der Waals surface area contributed by atoms with Crippen molar-refractivity contribution in [1.82, 2.24) is 0 Å². The van der Waals surface area contributed by atoms with Crippen LogP contribution >= 0.6 is 11.3 Å². The molecule has 0 radical (unpaired) electrons. The number of hydrogen-bond donors (Lipinski definition) is 0. The van der Waals surface area contributed by atoms with Gasteiger partial charge in [0, 0.05) is 54.1 Å². The fraction of sp³-hybridized carbons (Fsp3) is 0.290. The third kappa shape index (κ3) is 6.41. The summed E-state index contributed by atoms with van der Waals surface area (Å²) >= 11 is 2.01. The fourth-order valence-corrected chi connectivity index (χ4v) is 12.6. The third-order valence-electron chi connectivity index (χ3n) is 15.4. The van der Waals surface area contributed by atoms with Crippen LogP contribution in [-0.2, 0) is 27.1 Å². The molecule has 0 atom stereocenters. The molecule has 66 heavy (non-hydrogen) atoms. The van der Waals surface area contributed by atoms with Gasteiger partial charge in [-0.2, -0.15) is 0 Å². The minimum atomic E-state index is -0.296. The number of fused-ring (bicyclic) bond motifs is 9. The van der Waals surface area contributed by atoms with Gasteiger partial charge in [0.1, 0.15) is 0 Å². The summed E-state index contributed by atoms with van der Waals surface area (Å²) in [7, 11) is 0. The Morgan fingerprint density at radius 3 is 1.61 bits per heavy atom. The zero-order valence-corrected chi connectivity index (χ0v) is 42.1. The Labute approximate surface area is 398 Å². The maximum absolute atomic E-state index is 2.67. The lowest BCUT2D eigenvalue weighted by Crippen LogP contribution is -2.60. The molecule has 0 amide bonds. The molecule has 11 rings (SSSR count). The normalized spacial score (nSPS) is 15.1. The molecule has 4 heteroatoms. The molecule has 7 aromatic carbocycles. The Morgan fingerprint density at radius 1 is 0.455 bits per heavy atom. The van der Waals surface area contributed by atoms with Crippen molar-refractivity contribution in [1.29, 1.82) is 0 Å². The summed E-state index contributed by atoms with van der Waals surface area (Å²) in [5, 5.41) is 1.33. The number of hydrogen-bond acceptors (Lipinski definition) is 3. The van der Waals surface area contributed by atoms with Crippen molar-refractivity contribution in [2.45, 2.75) is 117 Å². The van der Waals surface area contributed by atoms with E-state index in [1.54, 1.807) is 0 Å². The van der Waals surface area contributed by atoms with Crippen LogP contribution < -0.4 is 25.5 Å². The molecule has 0 N–H and O–H groups in total. The van der Waals surface area contributed by atoms with Crippen LogP contribution in [0, 0.1) is 0 Å². The van der Waals surface area contributed by atoms with Crippen molar-refractivity contribution < 1.29 is 0 Å². The predicted molar refractivity (Wildman–Crippen MR) is 288 cm³/mol. The van der Waals surface area contributed by atoms with Crippen molar-refractivity contribution >= 4 is 78.0 Å². The summed E-state index contributed by atoms with van der Waals surface area (Å²) in [6, 6.07) is 56.7. The van der Waals surface area contributed by atoms with E-state index in [1.807, 2.05) is 11.3 Å². The van der Waals surface area contributed by atoms with E-state index in [4.69, 9.17) is 0 Å². The molecule has 0 saturated carbocycles. The first-order valence-corrected chi connectivity index (χ1v) is 24.9. The molecule has 0 bridgehead atoms. The lowest BCUT2D eigenvalue weighted by Gasteiger charge is -2.45. The SMILES string of the molecule is CC(C)(C)c1ccc(N2c3ccc(C(C)(C)C)cc3B3c4sc5cc6c(cc5c4N(c4ccc(C(C)(C)C)cc4)c4cc(C(C)(C)c5ccccc5)cc2c43)-c2ccccc2C6(C)C)cc1. The Morgan fingerprint density at radius 2 is 1.00 bits per heavy atom. The van der Waals surface area contributed by atoms with Crippen molar-refractivity contribution in [3.05, 3.63) is 185 Å². The van der Waals surface area contributed by atoms with Crippen molar-refractivity contribution in [3.63, 3.8) is 0 Å². The summed E-state index contributed by atoms with van der Waals surface area (Å²) in [5.41, 5.74) is 22.1. The monoisotopic (exact) mass is 878 g/mol. The molecule has 1 aliphatic carbocycles. The van der Waals surface area contributed by atoms with Gasteiger partial charge in [-0.1, -0.05) is 181 Å². The van der Waals surface area contributed by atoms with E-state index in [0.29, 0.717) is 0 Å². The van der Waals surface area contributed by atoms with Gasteiger partial charge in [-0.15, -0.1) is 11.3 Å². The van der Waals surface area contributed by atoms with Crippen molar-refractivity contribution in [2.75, 3.05) is 9.80 Å². The summed E-state index contributed by atoms with van der Waals surface area (Å²) in [6.07, 6.45) is 0. The van der Waals surface area contributed by atoms with Gasteiger partial charge >= 0.3 is 0 Å². The zero-order chi connectivity index (χ0) is 46.5. The molecule has 0 saturated heterocycles. The van der Waals surface area contributed by atoms with Crippen LogP contribution in [0.3, 0.4) is 0 Å². The molecule has 3 heterocycles.